The number of rotatable bonds is 2. The number of nitrogens with zero attached hydrogens (tertiary/aromatic N) is 1. The van der Waals surface area contributed by atoms with Crippen LogP contribution in [0.15, 0.2) is 18.2 Å². The molecule has 3 rings (SSSR count). The van der Waals surface area contributed by atoms with Crippen LogP contribution in [-0.4, -0.2) is 32.1 Å². The molecule has 2 heterocycles. The van der Waals surface area contributed by atoms with Crippen molar-refractivity contribution in [2.24, 2.45) is 0 Å². The van der Waals surface area contributed by atoms with Gasteiger partial charge in [0, 0.05) is 31.0 Å². The van der Waals surface area contributed by atoms with Gasteiger partial charge in [0.25, 0.3) is 0 Å². The smallest absolute Gasteiger partial charge is 0.228 e. The number of nitrogens with one attached hydrogen (secondary N) is 2. The average Bonchev–Trinajstić information content (AvgIpc) is 2.94. The van der Waals surface area contributed by atoms with Crippen LogP contribution in [0.3, 0.4) is 0 Å². The summed E-state index contributed by atoms with van der Waals surface area (Å²) in [5, 5.41) is 6.24. The molecule has 1 atom stereocenters. The number of likely N-dealkylation sites (N-methyl/N-ethyl adjacent to an activating group) is 1. The lowest BCUT2D eigenvalue weighted by Crippen LogP contribution is -2.33. The van der Waals surface area contributed by atoms with Gasteiger partial charge in [-0.3, -0.25) is 4.79 Å². The molecule has 1 aromatic rings. The summed E-state index contributed by atoms with van der Waals surface area (Å²) in [4.78, 5) is 13.6. The predicted octanol–water partition coefficient (Wildman–Crippen LogP) is 0.979. The Morgan fingerprint density at radius 3 is 3.06 bits per heavy atom. The first-order valence-electron chi connectivity index (χ1n) is 6.10. The summed E-state index contributed by atoms with van der Waals surface area (Å²) < 4.78 is 0. The number of anilines is 2. The first-order chi connectivity index (χ1) is 8.24. The van der Waals surface area contributed by atoms with Gasteiger partial charge in [0.15, 0.2) is 0 Å². The van der Waals surface area contributed by atoms with Crippen molar-refractivity contribution in [1.29, 1.82) is 0 Å². The summed E-state index contributed by atoms with van der Waals surface area (Å²) in [6.07, 6.45) is 1.70. The standard InChI is InChI=1S/C13H17N3O/c1-16(11-4-5-14-8-11)10-2-3-12-9(6-10)7-13(17)15-12/h2-3,6,11,14H,4-5,7-8H2,1H3,(H,15,17). The maximum atomic E-state index is 11.3. The molecule has 1 unspecified atom stereocenters. The zero-order valence-corrected chi connectivity index (χ0v) is 9.99. The van der Waals surface area contributed by atoms with Gasteiger partial charge in [-0.1, -0.05) is 0 Å². The third-order valence-electron chi connectivity index (χ3n) is 3.70. The Labute approximate surface area is 101 Å². The second-order valence-electron chi connectivity index (χ2n) is 4.82. The SMILES string of the molecule is CN(c1ccc2c(c1)CC(=O)N2)C1CCNC1. The van der Waals surface area contributed by atoms with Gasteiger partial charge in [0.1, 0.15) is 0 Å². The molecule has 1 aromatic carbocycles. The van der Waals surface area contributed by atoms with E-state index < -0.39 is 0 Å². The van der Waals surface area contributed by atoms with Gasteiger partial charge in [-0.2, -0.15) is 0 Å². The van der Waals surface area contributed by atoms with Crippen molar-refractivity contribution < 1.29 is 4.79 Å². The lowest BCUT2D eigenvalue weighted by Gasteiger charge is -2.26. The van der Waals surface area contributed by atoms with Crippen LogP contribution in [0.1, 0.15) is 12.0 Å². The molecule has 1 saturated heterocycles. The summed E-state index contributed by atoms with van der Waals surface area (Å²) in [7, 11) is 2.13. The monoisotopic (exact) mass is 231 g/mol. The van der Waals surface area contributed by atoms with E-state index >= 15 is 0 Å². The highest BCUT2D eigenvalue weighted by Gasteiger charge is 2.22. The molecule has 2 aliphatic heterocycles. The van der Waals surface area contributed by atoms with Crippen LogP contribution in [-0.2, 0) is 11.2 Å². The van der Waals surface area contributed by atoms with Gasteiger partial charge in [-0.25, -0.2) is 0 Å². The Bertz CT molecular complexity index is 452. The fraction of sp³-hybridized carbons (Fsp3) is 0.462. The van der Waals surface area contributed by atoms with E-state index in [1.807, 2.05) is 6.07 Å². The normalized spacial score (nSPS) is 22.4. The number of carbonyl (C=O) groups excluding carboxylic acids is 1. The van der Waals surface area contributed by atoms with Gasteiger partial charge < -0.3 is 15.5 Å². The van der Waals surface area contributed by atoms with Crippen molar-refractivity contribution in [3.05, 3.63) is 23.8 Å². The van der Waals surface area contributed by atoms with Crippen LogP contribution in [0.2, 0.25) is 0 Å². The van der Waals surface area contributed by atoms with Crippen molar-refractivity contribution in [3.8, 4) is 0 Å². The lowest BCUT2D eigenvalue weighted by molar-refractivity contribution is -0.115. The van der Waals surface area contributed by atoms with Crippen LogP contribution in [0, 0.1) is 0 Å². The third-order valence-corrected chi connectivity index (χ3v) is 3.70. The Morgan fingerprint density at radius 2 is 2.29 bits per heavy atom. The van der Waals surface area contributed by atoms with Gasteiger partial charge in [0.05, 0.1) is 6.42 Å². The Morgan fingerprint density at radius 1 is 1.41 bits per heavy atom. The van der Waals surface area contributed by atoms with Gasteiger partial charge in [-0.15, -0.1) is 0 Å². The van der Waals surface area contributed by atoms with Gasteiger partial charge in [0.2, 0.25) is 5.91 Å². The molecule has 4 heteroatoms. The van der Waals surface area contributed by atoms with E-state index in [0.29, 0.717) is 12.5 Å². The van der Waals surface area contributed by atoms with Crippen LogP contribution >= 0.6 is 0 Å². The van der Waals surface area contributed by atoms with Crippen LogP contribution in [0.4, 0.5) is 11.4 Å². The lowest BCUT2D eigenvalue weighted by atomic mass is 10.1. The first kappa shape index (κ1) is 10.6. The van der Waals surface area contributed by atoms with Crippen molar-refractivity contribution in [1.82, 2.24) is 5.32 Å². The molecular formula is C13H17N3O. The molecule has 0 spiro atoms. The molecule has 1 fully saturated rings. The second kappa shape index (κ2) is 4.04. The highest BCUT2D eigenvalue weighted by molar-refractivity contribution is 5.99. The van der Waals surface area contributed by atoms with E-state index in [1.165, 1.54) is 12.1 Å². The van der Waals surface area contributed by atoms with Crippen LogP contribution in [0.25, 0.3) is 0 Å². The highest BCUT2D eigenvalue weighted by Crippen LogP contribution is 2.28. The molecule has 4 nitrogen and oxygen atoms in total. The summed E-state index contributed by atoms with van der Waals surface area (Å²) in [5.41, 5.74) is 3.29. The summed E-state index contributed by atoms with van der Waals surface area (Å²) >= 11 is 0. The molecule has 1 amide bonds. The molecule has 0 bridgehead atoms. The summed E-state index contributed by atoms with van der Waals surface area (Å²) in [5.74, 6) is 0.0994. The fourth-order valence-corrected chi connectivity index (χ4v) is 2.62. The minimum absolute atomic E-state index is 0.0994. The molecule has 0 aliphatic carbocycles. The Balaban J connectivity index is 1.84. The zero-order chi connectivity index (χ0) is 11.8. The van der Waals surface area contributed by atoms with Crippen LogP contribution < -0.4 is 15.5 Å². The molecule has 90 valence electrons. The minimum Gasteiger partial charge on any atom is -0.370 e. The average molecular weight is 231 g/mol. The number of fused-ring (bicyclic) bond motifs is 1. The van der Waals surface area contributed by atoms with Crippen molar-refractivity contribution >= 4 is 17.3 Å². The molecule has 0 saturated carbocycles. The minimum atomic E-state index is 0.0994. The maximum absolute atomic E-state index is 11.3. The van der Waals surface area contributed by atoms with Crippen molar-refractivity contribution in [2.45, 2.75) is 18.9 Å². The maximum Gasteiger partial charge on any atom is 0.228 e. The third kappa shape index (κ3) is 1.89. The van der Waals surface area contributed by atoms with Crippen molar-refractivity contribution in [2.75, 3.05) is 30.4 Å². The molecule has 2 N–H and O–H groups in total. The quantitative estimate of drug-likeness (QED) is 0.797. The Kier molecular flexibility index (Phi) is 2.52. The number of carbonyl (C=O) groups is 1. The molecule has 17 heavy (non-hydrogen) atoms. The largest absolute Gasteiger partial charge is 0.370 e. The highest BCUT2D eigenvalue weighted by atomic mass is 16.1. The second-order valence-corrected chi connectivity index (χ2v) is 4.82. The zero-order valence-electron chi connectivity index (χ0n) is 9.99. The Hall–Kier alpha value is -1.55. The van der Waals surface area contributed by atoms with E-state index in [1.54, 1.807) is 0 Å². The van der Waals surface area contributed by atoms with E-state index in [2.05, 4.69) is 34.7 Å². The molecule has 0 radical (unpaired) electrons. The van der Waals surface area contributed by atoms with Gasteiger partial charge >= 0.3 is 0 Å². The summed E-state index contributed by atoms with van der Waals surface area (Å²) in [6.45, 7) is 2.14. The number of amides is 1. The molecule has 2 aliphatic rings. The first-order valence-corrected chi connectivity index (χ1v) is 6.10. The predicted molar refractivity (Wildman–Crippen MR) is 68.5 cm³/mol. The van der Waals surface area contributed by atoms with E-state index in [4.69, 9.17) is 0 Å². The number of benzene rings is 1. The molecular weight excluding hydrogens is 214 g/mol. The van der Waals surface area contributed by atoms with E-state index in [0.717, 1.165) is 24.3 Å². The van der Waals surface area contributed by atoms with Gasteiger partial charge in [-0.05, 0) is 36.7 Å². The number of hydrogen-bond donors (Lipinski definition) is 2. The van der Waals surface area contributed by atoms with Crippen molar-refractivity contribution in [3.63, 3.8) is 0 Å². The fourth-order valence-electron chi connectivity index (χ4n) is 2.62. The molecule has 0 aromatic heterocycles. The summed E-state index contributed by atoms with van der Waals surface area (Å²) in [6, 6.07) is 6.79. The topological polar surface area (TPSA) is 44.4 Å². The number of hydrogen-bond acceptors (Lipinski definition) is 3. The van der Waals surface area contributed by atoms with E-state index in [-0.39, 0.29) is 5.91 Å². The van der Waals surface area contributed by atoms with Crippen LogP contribution in [0.5, 0.6) is 0 Å². The van der Waals surface area contributed by atoms with E-state index in [9.17, 15) is 4.79 Å².